The van der Waals surface area contributed by atoms with Crippen LogP contribution in [-0.4, -0.2) is 47.0 Å². The van der Waals surface area contributed by atoms with E-state index >= 15 is 0 Å². The molecular formula is C13H22N4O. The lowest BCUT2D eigenvalue weighted by molar-refractivity contribution is -0.0261. The molecule has 100 valence electrons. The Morgan fingerprint density at radius 3 is 3.22 bits per heavy atom. The van der Waals surface area contributed by atoms with Gasteiger partial charge in [-0.25, -0.2) is 0 Å². The molecule has 1 aliphatic heterocycles. The van der Waals surface area contributed by atoms with E-state index in [1.165, 1.54) is 5.56 Å². The quantitative estimate of drug-likeness (QED) is 0.775. The lowest BCUT2D eigenvalue weighted by Crippen LogP contribution is -2.45. The molecule has 2 N–H and O–H groups in total. The molecule has 1 aromatic rings. The zero-order valence-electron chi connectivity index (χ0n) is 11.0. The molecule has 0 aromatic carbocycles. The summed E-state index contributed by atoms with van der Waals surface area (Å²) in [4.78, 5) is 2.38. The first-order chi connectivity index (χ1) is 8.72. The smallest absolute Gasteiger partial charge is 0.0824 e. The first-order valence-corrected chi connectivity index (χ1v) is 6.40. The van der Waals surface area contributed by atoms with Gasteiger partial charge < -0.3 is 10.5 Å². The summed E-state index contributed by atoms with van der Waals surface area (Å²) >= 11 is 0. The van der Waals surface area contributed by atoms with Crippen LogP contribution in [0.1, 0.15) is 11.3 Å². The van der Waals surface area contributed by atoms with E-state index in [0.717, 1.165) is 38.5 Å². The van der Waals surface area contributed by atoms with Crippen LogP contribution in [0.4, 0.5) is 0 Å². The Morgan fingerprint density at radius 1 is 1.67 bits per heavy atom. The average Bonchev–Trinajstić information content (AvgIpc) is 2.70. The molecule has 5 heteroatoms. The highest BCUT2D eigenvalue weighted by atomic mass is 16.5. The summed E-state index contributed by atoms with van der Waals surface area (Å²) in [6, 6.07) is 0. The van der Waals surface area contributed by atoms with Crippen LogP contribution in [0.3, 0.4) is 0 Å². The molecule has 2 heterocycles. The minimum Gasteiger partial charge on any atom is -0.374 e. The van der Waals surface area contributed by atoms with E-state index < -0.39 is 0 Å². The number of hydrogen-bond donors (Lipinski definition) is 1. The number of hydrogen-bond acceptors (Lipinski definition) is 4. The van der Waals surface area contributed by atoms with Crippen LogP contribution in [0.2, 0.25) is 0 Å². The van der Waals surface area contributed by atoms with Crippen molar-refractivity contribution in [2.24, 2.45) is 5.73 Å². The summed E-state index contributed by atoms with van der Waals surface area (Å²) in [5.74, 6) is 0. The second kappa shape index (κ2) is 6.13. The summed E-state index contributed by atoms with van der Waals surface area (Å²) in [6.45, 7) is 10.7. The first kappa shape index (κ1) is 13.3. The zero-order valence-corrected chi connectivity index (χ0v) is 11.0. The lowest BCUT2D eigenvalue weighted by Gasteiger charge is -2.32. The Morgan fingerprint density at radius 2 is 2.50 bits per heavy atom. The van der Waals surface area contributed by atoms with Gasteiger partial charge in [0, 0.05) is 37.9 Å². The highest BCUT2D eigenvalue weighted by Crippen LogP contribution is 2.12. The number of ether oxygens (including phenoxy) is 1. The predicted molar refractivity (Wildman–Crippen MR) is 71.2 cm³/mol. The lowest BCUT2D eigenvalue weighted by atomic mass is 10.2. The SMILES string of the molecule is C=CCn1cc(CN2CCOC(CN)C2)c(C)n1. The number of allylic oxidation sites excluding steroid dienone is 1. The molecule has 1 aromatic heterocycles. The number of aromatic nitrogens is 2. The molecule has 0 amide bonds. The van der Waals surface area contributed by atoms with Gasteiger partial charge in [0.2, 0.25) is 0 Å². The molecule has 0 spiro atoms. The highest BCUT2D eigenvalue weighted by molar-refractivity contribution is 5.15. The Hall–Kier alpha value is -1.17. The molecule has 0 radical (unpaired) electrons. The van der Waals surface area contributed by atoms with Gasteiger partial charge >= 0.3 is 0 Å². The number of aryl methyl sites for hydroxylation is 1. The van der Waals surface area contributed by atoms with Crippen molar-refractivity contribution in [2.45, 2.75) is 26.1 Å². The van der Waals surface area contributed by atoms with Gasteiger partial charge in [0.1, 0.15) is 0 Å². The molecule has 0 bridgehead atoms. The third kappa shape index (κ3) is 3.19. The van der Waals surface area contributed by atoms with Gasteiger partial charge in [-0.2, -0.15) is 5.10 Å². The maximum absolute atomic E-state index is 5.65. The summed E-state index contributed by atoms with van der Waals surface area (Å²) in [5, 5.41) is 4.47. The Balaban J connectivity index is 1.97. The van der Waals surface area contributed by atoms with Crippen LogP contribution in [-0.2, 0) is 17.8 Å². The van der Waals surface area contributed by atoms with Crippen LogP contribution in [0, 0.1) is 6.92 Å². The van der Waals surface area contributed by atoms with Gasteiger partial charge in [-0.15, -0.1) is 6.58 Å². The molecule has 2 rings (SSSR count). The summed E-state index contributed by atoms with van der Waals surface area (Å²) in [7, 11) is 0. The van der Waals surface area contributed by atoms with Crippen LogP contribution >= 0.6 is 0 Å². The van der Waals surface area contributed by atoms with Gasteiger partial charge in [-0.3, -0.25) is 9.58 Å². The molecule has 1 saturated heterocycles. The van der Waals surface area contributed by atoms with E-state index in [0.29, 0.717) is 6.54 Å². The van der Waals surface area contributed by atoms with Crippen molar-refractivity contribution >= 4 is 0 Å². The number of nitrogens with two attached hydrogens (primary N) is 1. The zero-order chi connectivity index (χ0) is 13.0. The monoisotopic (exact) mass is 250 g/mol. The third-order valence-corrected chi connectivity index (χ3v) is 3.24. The fraction of sp³-hybridized carbons (Fsp3) is 0.615. The van der Waals surface area contributed by atoms with Crippen molar-refractivity contribution in [3.63, 3.8) is 0 Å². The van der Waals surface area contributed by atoms with E-state index in [9.17, 15) is 0 Å². The van der Waals surface area contributed by atoms with Crippen LogP contribution in [0.15, 0.2) is 18.9 Å². The fourth-order valence-corrected chi connectivity index (χ4v) is 2.25. The summed E-state index contributed by atoms with van der Waals surface area (Å²) in [5.41, 5.74) is 8.02. The fourth-order valence-electron chi connectivity index (χ4n) is 2.25. The van der Waals surface area contributed by atoms with Gasteiger partial charge in [0.15, 0.2) is 0 Å². The van der Waals surface area contributed by atoms with E-state index in [2.05, 4.69) is 29.7 Å². The molecule has 5 nitrogen and oxygen atoms in total. The Bertz CT molecular complexity index is 402. The van der Waals surface area contributed by atoms with E-state index in [4.69, 9.17) is 10.5 Å². The van der Waals surface area contributed by atoms with Crippen molar-refractivity contribution in [3.8, 4) is 0 Å². The number of rotatable bonds is 5. The highest BCUT2D eigenvalue weighted by Gasteiger charge is 2.20. The topological polar surface area (TPSA) is 56.3 Å². The minimum atomic E-state index is 0.169. The Kier molecular flexibility index (Phi) is 4.52. The maximum atomic E-state index is 5.65. The maximum Gasteiger partial charge on any atom is 0.0824 e. The third-order valence-electron chi connectivity index (χ3n) is 3.24. The molecule has 1 aliphatic rings. The average molecular weight is 250 g/mol. The van der Waals surface area contributed by atoms with Crippen LogP contribution in [0.25, 0.3) is 0 Å². The van der Waals surface area contributed by atoms with E-state index in [1.54, 1.807) is 0 Å². The van der Waals surface area contributed by atoms with Crippen LogP contribution < -0.4 is 5.73 Å². The second-order valence-electron chi connectivity index (χ2n) is 4.71. The second-order valence-corrected chi connectivity index (χ2v) is 4.71. The van der Waals surface area contributed by atoms with Crippen molar-refractivity contribution in [1.82, 2.24) is 14.7 Å². The molecule has 18 heavy (non-hydrogen) atoms. The van der Waals surface area contributed by atoms with Gasteiger partial charge in [0.05, 0.1) is 24.9 Å². The molecule has 0 aliphatic carbocycles. The largest absolute Gasteiger partial charge is 0.374 e. The Labute approximate surface area is 108 Å². The number of nitrogens with zero attached hydrogens (tertiary/aromatic N) is 3. The van der Waals surface area contributed by atoms with Crippen molar-refractivity contribution in [1.29, 1.82) is 0 Å². The molecule has 1 fully saturated rings. The molecular weight excluding hydrogens is 228 g/mol. The normalized spacial score (nSPS) is 21.1. The van der Waals surface area contributed by atoms with Crippen molar-refractivity contribution in [3.05, 3.63) is 30.1 Å². The van der Waals surface area contributed by atoms with E-state index in [-0.39, 0.29) is 6.10 Å². The molecule has 1 unspecified atom stereocenters. The van der Waals surface area contributed by atoms with Crippen molar-refractivity contribution < 1.29 is 4.74 Å². The molecule has 1 atom stereocenters. The van der Waals surface area contributed by atoms with Crippen molar-refractivity contribution in [2.75, 3.05) is 26.2 Å². The standard InChI is InChI=1S/C13H22N4O/c1-3-4-17-9-12(11(2)15-17)8-16-5-6-18-13(7-14)10-16/h3,9,13H,1,4-8,10,14H2,2H3. The summed E-state index contributed by atoms with van der Waals surface area (Å²) in [6.07, 6.45) is 4.13. The molecule has 0 saturated carbocycles. The van der Waals surface area contributed by atoms with Gasteiger partial charge in [-0.05, 0) is 6.92 Å². The summed E-state index contributed by atoms with van der Waals surface area (Å²) < 4.78 is 7.50. The minimum absolute atomic E-state index is 0.169. The van der Waals surface area contributed by atoms with Gasteiger partial charge in [-0.1, -0.05) is 6.08 Å². The van der Waals surface area contributed by atoms with Crippen LogP contribution in [0.5, 0.6) is 0 Å². The van der Waals surface area contributed by atoms with E-state index in [1.807, 2.05) is 10.8 Å². The first-order valence-electron chi connectivity index (χ1n) is 6.40. The predicted octanol–water partition coefficient (Wildman–Crippen LogP) is 0.537. The van der Waals surface area contributed by atoms with Gasteiger partial charge in [0.25, 0.3) is 0 Å². The number of morpholine rings is 1.